The highest BCUT2D eigenvalue weighted by Gasteiger charge is 2.16. The van der Waals surface area contributed by atoms with Crippen molar-refractivity contribution >= 4 is 45.2 Å². The minimum Gasteiger partial charge on any atom is -0.462 e. The van der Waals surface area contributed by atoms with Crippen LogP contribution in [0.3, 0.4) is 0 Å². The molecule has 0 aliphatic carbocycles. The van der Waals surface area contributed by atoms with E-state index in [0.717, 1.165) is 25.9 Å². The summed E-state index contributed by atoms with van der Waals surface area (Å²) in [7, 11) is 0. The summed E-state index contributed by atoms with van der Waals surface area (Å²) >= 11 is 2.20. The van der Waals surface area contributed by atoms with E-state index in [1.54, 1.807) is 0 Å². The van der Waals surface area contributed by atoms with E-state index in [1.165, 1.54) is 0 Å². The number of hydrogen-bond donors (Lipinski definition) is 2. The predicted octanol–water partition coefficient (Wildman–Crippen LogP) is 4.53. The number of rotatable bonds is 2. The number of hydrogen-bond acceptors (Lipinski definition) is 3. The first kappa shape index (κ1) is 17.3. The summed E-state index contributed by atoms with van der Waals surface area (Å²) in [6.45, 7) is 4.09. The summed E-state index contributed by atoms with van der Waals surface area (Å²) in [6.07, 6.45) is 0. The number of aromatic amines is 1. The fourth-order valence-corrected chi connectivity index (χ4v) is 2.61. The standard InChI is InChI=1S/C12H13NO2.C6H6IN/c1-3-15-12(14)11-8(2)13-10-7-5-4-6-9(10)11;7-5-3-1-2-4-6(5)8/h4-7,13H,3H2,1-2H3;1-4H,8H2. The van der Waals surface area contributed by atoms with E-state index in [1.807, 2.05) is 62.4 Å². The Morgan fingerprint density at radius 1 is 1.17 bits per heavy atom. The molecule has 4 nitrogen and oxygen atoms in total. The minimum atomic E-state index is -0.257. The molecule has 1 heterocycles. The number of aryl methyl sites for hydroxylation is 1. The van der Waals surface area contributed by atoms with E-state index in [-0.39, 0.29) is 5.97 Å². The second-order valence-electron chi connectivity index (χ2n) is 4.91. The predicted molar refractivity (Wildman–Crippen MR) is 103 cm³/mol. The highest BCUT2D eigenvalue weighted by atomic mass is 127. The van der Waals surface area contributed by atoms with Crippen molar-refractivity contribution in [3.05, 3.63) is 63.4 Å². The molecule has 5 heteroatoms. The molecule has 2 aromatic carbocycles. The van der Waals surface area contributed by atoms with Gasteiger partial charge < -0.3 is 15.5 Å². The zero-order valence-corrected chi connectivity index (χ0v) is 15.3. The number of nitrogens with two attached hydrogens (primary N) is 1. The van der Waals surface area contributed by atoms with E-state index in [4.69, 9.17) is 10.5 Å². The van der Waals surface area contributed by atoms with Gasteiger partial charge in [-0.1, -0.05) is 30.3 Å². The Labute approximate surface area is 149 Å². The van der Waals surface area contributed by atoms with Crippen molar-refractivity contribution in [3.8, 4) is 0 Å². The fourth-order valence-electron chi connectivity index (χ4n) is 2.22. The quantitative estimate of drug-likeness (QED) is 0.362. The van der Waals surface area contributed by atoms with Crippen molar-refractivity contribution in [2.75, 3.05) is 12.3 Å². The van der Waals surface area contributed by atoms with Gasteiger partial charge >= 0.3 is 5.97 Å². The van der Waals surface area contributed by atoms with Crippen LogP contribution in [0.25, 0.3) is 10.9 Å². The molecule has 3 aromatic rings. The van der Waals surface area contributed by atoms with Gasteiger partial charge in [0, 0.05) is 25.9 Å². The van der Waals surface area contributed by atoms with Crippen molar-refractivity contribution in [1.82, 2.24) is 4.98 Å². The largest absolute Gasteiger partial charge is 0.462 e. The molecular formula is C18H19IN2O2. The van der Waals surface area contributed by atoms with Crippen molar-refractivity contribution in [2.45, 2.75) is 13.8 Å². The van der Waals surface area contributed by atoms with E-state index >= 15 is 0 Å². The first-order chi connectivity index (χ1) is 11.0. The van der Waals surface area contributed by atoms with Crippen LogP contribution in [0.1, 0.15) is 23.0 Å². The summed E-state index contributed by atoms with van der Waals surface area (Å²) in [6, 6.07) is 15.5. The number of para-hydroxylation sites is 2. The molecule has 0 atom stereocenters. The molecule has 0 aliphatic rings. The van der Waals surface area contributed by atoms with Gasteiger partial charge in [-0.15, -0.1) is 0 Å². The van der Waals surface area contributed by atoms with Crippen LogP contribution < -0.4 is 5.73 Å². The average molecular weight is 422 g/mol. The molecule has 0 saturated carbocycles. The van der Waals surface area contributed by atoms with Gasteiger partial charge in [0.25, 0.3) is 0 Å². The molecule has 23 heavy (non-hydrogen) atoms. The van der Waals surface area contributed by atoms with Crippen LogP contribution in [0, 0.1) is 10.5 Å². The first-order valence-electron chi connectivity index (χ1n) is 7.29. The van der Waals surface area contributed by atoms with E-state index in [2.05, 4.69) is 27.6 Å². The van der Waals surface area contributed by atoms with E-state index in [9.17, 15) is 4.79 Å². The number of benzene rings is 2. The summed E-state index contributed by atoms with van der Waals surface area (Å²) in [5, 5.41) is 0.924. The van der Waals surface area contributed by atoms with Crippen molar-refractivity contribution in [2.24, 2.45) is 0 Å². The second kappa shape index (κ2) is 8.01. The van der Waals surface area contributed by atoms with Gasteiger partial charge in [-0.2, -0.15) is 0 Å². The lowest BCUT2D eigenvalue weighted by atomic mass is 10.1. The van der Waals surface area contributed by atoms with Crippen LogP contribution in [0.5, 0.6) is 0 Å². The Morgan fingerprint density at radius 3 is 2.43 bits per heavy atom. The fraction of sp³-hybridized carbons (Fsp3) is 0.167. The van der Waals surface area contributed by atoms with E-state index < -0.39 is 0 Å². The third-order valence-corrected chi connectivity index (χ3v) is 4.26. The molecule has 0 spiro atoms. The van der Waals surface area contributed by atoms with Gasteiger partial charge in [0.1, 0.15) is 0 Å². The number of ether oxygens (including phenoxy) is 1. The number of nitrogens with one attached hydrogen (secondary N) is 1. The number of nitrogen functional groups attached to an aromatic ring is 1. The number of aromatic nitrogens is 1. The second-order valence-corrected chi connectivity index (χ2v) is 6.07. The summed E-state index contributed by atoms with van der Waals surface area (Å²) < 4.78 is 6.13. The molecule has 0 amide bonds. The molecule has 0 unspecified atom stereocenters. The van der Waals surface area contributed by atoms with Gasteiger partial charge in [0.15, 0.2) is 0 Å². The van der Waals surface area contributed by atoms with Gasteiger partial charge in [-0.3, -0.25) is 0 Å². The maximum atomic E-state index is 11.7. The maximum absolute atomic E-state index is 11.7. The highest BCUT2D eigenvalue weighted by molar-refractivity contribution is 14.1. The van der Waals surface area contributed by atoms with Crippen LogP contribution >= 0.6 is 22.6 Å². The average Bonchev–Trinajstić information content (AvgIpc) is 2.87. The molecule has 3 N–H and O–H groups in total. The zero-order valence-electron chi connectivity index (χ0n) is 13.1. The van der Waals surface area contributed by atoms with Crippen LogP contribution in [0.4, 0.5) is 5.69 Å². The molecular weight excluding hydrogens is 403 g/mol. The third-order valence-electron chi connectivity index (χ3n) is 3.28. The molecule has 0 bridgehead atoms. The minimum absolute atomic E-state index is 0.257. The van der Waals surface area contributed by atoms with Gasteiger partial charge in [-0.05, 0) is 54.6 Å². The van der Waals surface area contributed by atoms with Crippen LogP contribution in [0.15, 0.2) is 48.5 Å². The third kappa shape index (κ3) is 4.25. The van der Waals surface area contributed by atoms with Gasteiger partial charge in [-0.25, -0.2) is 4.79 Å². The number of carbonyl (C=O) groups is 1. The lowest BCUT2D eigenvalue weighted by Crippen LogP contribution is -2.05. The monoisotopic (exact) mass is 422 g/mol. The summed E-state index contributed by atoms with van der Waals surface area (Å²) in [5.74, 6) is -0.257. The maximum Gasteiger partial charge on any atom is 0.340 e. The topological polar surface area (TPSA) is 68.1 Å². The Bertz CT molecular complexity index is 791. The van der Waals surface area contributed by atoms with Gasteiger partial charge in [0.05, 0.1) is 12.2 Å². The lowest BCUT2D eigenvalue weighted by molar-refractivity contribution is 0.0528. The first-order valence-corrected chi connectivity index (χ1v) is 8.37. The van der Waals surface area contributed by atoms with E-state index in [0.29, 0.717) is 12.2 Å². The Morgan fingerprint density at radius 2 is 1.83 bits per heavy atom. The molecule has 0 aliphatic heterocycles. The molecule has 0 saturated heterocycles. The zero-order chi connectivity index (χ0) is 16.8. The van der Waals surface area contributed by atoms with Crippen molar-refractivity contribution < 1.29 is 9.53 Å². The lowest BCUT2D eigenvalue weighted by Gasteiger charge is -2.00. The summed E-state index contributed by atoms with van der Waals surface area (Å²) in [5.41, 5.74) is 8.84. The molecule has 0 radical (unpaired) electrons. The number of H-pyrrole nitrogens is 1. The molecule has 3 rings (SSSR count). The Balaban J connectivity index is 0.000000203. The molecule has 1 aromatic heterocycles. The number of halogens is 1. The number of anilines is 1. The highest BCUT2D eigenvalue weighted by Crippen LogP contribution is 2.22. The number of fused-ring (bicyclic) bond motifs is 1. The number of esters is 1. The van der Waals surface area contributed by atoms with Crippen LogP contribution in [-0.2, 0) is 4.74 Å². The van der Waals surface area contributed by atoms with Crippen molar-refractivity contribution in [1.29, 1.82) is 0 Å². The number of carbonyl (C=O) groups excluding carboxylic acids is 1. The molecule has 0 fully saturated rings. The normalized spacial score (nSPS) is 10.0. The molecule has 120 valence electrons. The van der Waals surface area contributed by atoms with Gasteiger partial charge in [0.2, 0.25) is 0 Å². The van der Waals surface area contributed by atoms with Crippen LogP contribution in [-0.4, -0.2) is 17.6 Å². The Hall–Kier alpha value is -2.02. The van der Waals surface area contributed by atoms with Crippen molar-refractivity contribution in [3.63, 3.8) is 0 Å². The Kier molecular flexibility index (Phi) is 6.04. The SMILES string of the molecule is CCOC(=O)c1c(C)[nH]c2ccccc12.Nc1ccccc1I. The van der Waals surface area contributed by atoms with Crippen LogP contribution in [0.2, 0.25) is 0 Å². The summed E-state index contributed by atoms with van der Waals surface area (Å²) in [4.78, 5) is 14.9. The smallest absolute Gasteiger partial charge is 0.340 e.